The maximum Gasteiger partial charge on any atom is 0.417 e. The van der Waals surface area contributed by atoms with Gasteiger partial charge >= 0.3 is 6.18 Å². The van der Waals surface area contributed by atoms with E-state index in [9.17, 15) is 23.5 Å². The Hall–Kier alpha value is -3.80. The van der Waals surface area contributed by atoms with Gasteiger partial charge in [0.15, 0.2) is 10.6 Å². The minimum absolute atomic E-state index is 0.0246. The number of piperidine rings is 1. The van der Waals surface area contributed by atoms with Crippen LogP contribution in [0.2, 0.25) is 0 Å². The van der Waals surface area contributed by atoms with E-state index in [1.807, 2.05) is 18.2 Å². The van der Waals surface area contributed by atoms with Crippen molar-refractivity contribution in [2.75, 3.05) is 36.5 Å². The van der Waals surface area contributed by atoms with Crippen LogP contribution in [0.15, 0.2) is 36.7 Å². The van der Waals surface area contributed by atoms with Crippen molar-refractivity contribution < 1.29 is 23.0 Å². The van der Waals surface area contributed by atoms with Crippen LogP contribution in [0, 0.1) is 11.3 Å². The van der Waals surface area contributed by atoms with Crippen molar-refractivity contribution >= 4 is 27.7 Å². The first-order valence-corrected chi connectivity index (χ1v) is 13.7. The van der Waals surface area contributed by atoms with E-state index in [1.54, 1.807) is 21.7 Å². The number of nitriles is 1. The van der Waals surface area contributed by atoms with E-state index in [0.717, 1.165) is 35.3 Å². The second kappa shape index (κ2) is 10.3. The van der Waals surface area contributed by atoms with E-state index >= 15 is 0 Å². The highest BCUT2D eigenvalue weighted by Crippen LogP contribution is 2.41. The molecule has 14 heteroatoms. The van der Waals surface area contributed by atoms with Gasteiger partial charge in [-0.25, -0.2) is 4.52 Å². The number of hydrogen-bond acceptors (Lipinski definition) is 10. The SMILES string of the molecule is N#Cc1cnn2c(-c3cc(NC4CCOCC4)c(-c4nnc(N5CCC(O)(C(F)(F)F)CC5)s4)cn3)ccc2c1. The molecule has 0 atom stereocenters. The van der Waals surface area contributed by atoms with E-state index < -0.39 is 24.6 Å². The largest absolute Gasteiger partial charge is 0.417 e. The third-order valence-corrected chi connectivity index (χ3v) is 8.43. The molecular formula is C26H25F3N8O2S. The van der Waals surface area contributed by atoms with Crippen molar-refractivity contribution in [3.63, 3.8) is 0 Å². The minimum Gasteiger partial charge on any atom is -0.381 e. The Morgan fingerprint density at radius 2 is 1.90 bits per heavy atom. The van der Waals surface area contributed by atoms with Gasteiger partial charge in [0.25, 0.3) is 0 Å². The number of nitrogens with one attached hydrogen (secondary N) is 1. The molecule has 0 unspecified atom stereocenters. The lowest BCUT2D eigenvalue weighted by molar-refractivity contribution is -0.266. The smallest absolute Gasteiger partial charge is 0.381 e. The fourth-order valence-electron chi connectivity index (χ4n) is 5.00. The van der Waals surface area contributed by atoms with Gasteiger partial charge in [-0.3, -0.25) is 4.98 Å². The standard InChI is InChI=1S/C26H25F3N8O2S/c27-26(28,29)25(38)5-7-36(8-6-25)24-35-34-23(40-24)19-15-31-21(12-20(19)33-17-3-9-39-10-4-17)22-2-1-18-11-16(13-30)14-32-37(18)22/h1-2,11-12,14-15,17,38H,3-10H2,(H,31,33). The molecule has 2 N–H and O–H groups in total. The van der Waals surface area contributed by atoms with Gasteiger partial charge < -0.3 is 20.1 Å². The van der Waals surface area contributed by atoms with Crippen molar-refractivity contribution in [3.05, 3.63) is 42.2 Å². The number of aliphatic hydroxyl groups is 1. The zero-order valence-electron chi connectivity index (χ0n) is 21.2. The van der Waals surface area contributed by atoms with Crippen LogP contribution in [0.1, 0.15) is 31.2 Å². The van der Waals surface area contributed by atoms with Gasteiger partial charge in [0.2, 0.25) is 5.13 Å². The second-order valence-electron chi connectivity index (χ2n) is 9.96. The van der Waals surface area contributed by atoms with Crippen LogP contribution in [0.4, 0.5) is 24.0 Å². The molecule has 40 heavy (non-hydrogen) atoms. The van der Waals surface area contributed by atoms with Crippen LogP contribution >= 0.6 is 11.3 Å². The number of hydrogen-bond donors (Lipinski definition) is 2. The highest BCUT2D eigenvalue weighted by atomic mass is 32.1. The molecule has 6 rings (SSSR count). The molecule has 2 aliphatic rings. The summed E-state index contributed by atoms with van der Waals surface area (Å²) in [4.78, 5) is 6.41. The van der Waals surface area contributed by atoms with E-state index in [1.165, 1.54) is 17.5 Å². The van der Waals surface area contributed by atoms with Gasteiger partial charge in [-0.1, -0.05) is 11.3 Å². The van der Waals surface area contributed by atoms with E-state index in [4.69, 9.17) is 4.74 Å². The first kappa shape index (κ1) is 26.4. The highest BCUT2D eigenvalue weighted by molar-refractivity contribution is 7.18. The molecule has 208 valence electrons. The Balaban J connectivity index is 1.31. The van der Waals surface area contributed by atoms with Gasteiger partial charge in [0.1, 0.15) is 6.07 Å². The number of rotatable bonds is 5. The highest BCUT2D eigenvalue weighted by Gasteiger charge is 2.54. The number of alkyl halides is 3. The zero-order valence-corrected chi connectivity index (χ0v) is 22.0. The van der Waals surface area contributed by atoms with Gasteiger partial charge in [-0.05, 0) is 37.1 Å². The quantitative estimate of drug-likeness (QED) is 0.362. The van der Waals surface area contributed by atoms with E-state index in [2.05, 4.69) is 31.7 Å². The summed E-state index contributed by atoms with van der Waals surface area (Å²) in [6, 6.07) is 9.73. The molecule has 2 fully saturated rings. The van der Waals surface area contributed by atoms with Crippen LogP contribution in [0.25, 0.3) is 27.5 Å². The second-order valence-corrected chi connectivity index (χ2v) is 10.9. The molecule has 0 spiro atoms. The zero-order chi connectivity index (χ0) is 27.9. The summed E-state index contributed by atoms with van der Waals surface area (Å²) in [5.74, 6) is 0. The summed E-state index contributed by atoms with van der Waals surface area (Å²) in [5, 5.41) is 36.9. The Labute approximate surface area is 231 Å². The monoisotopic (exact) mass is 570 g/mol. The van der Waals surface area contributed by atoms with Gasteiger partial charge in [0, 0.05) is 57.1 Å². The molecule has 2 aliphatic heterocycles. The summed E-state index contributed by atoms with van der Waals surface area (Å²) >= 11 is 1.27. The number of aromatic nitrogens is 5. The molecule has 0 radical (unpaired) electrons. The summed E-state index contributed by atoms with van der Waals surface area (Å²) in [5.41, 5.74) is 1.51. The van der Waals surface area contributed by atoms with Crippen LogP contribution in [0.3, 0.4) is 0 Å². The van der Waals surface area contributed by atoms with Crippen molar-refractivity contribution in [1.82, 2.24) is 24.8 Å². The topological polar surface area (TPSA) is 124 Å². The molecule has 0 aliphatic carbocycles. The molecule has 10 nitrogen and oxygen atoms in total. The summed E-state index contributed by atoms with van der Waals surface area (Å²) in [6.45, 7) is 1.36. The Morgan fingerprint density at radius 3 is 2.62 bits per heavy atom. The third-order valence-electron chi connectivity index (χ3n) is 7.41. The van der Waals surface area contributed by atoms with E-state index in [-0.39, 0.29) is 19.1 Å². The molecule has 0 bridgehead atoms. The summed E-state index contributed by atoms with van der Waals surface area (Å²) in [7, 11) is 0. The van der Waals surface area contributed by atoms with Crippen LogP contribution in [-0.4, -0.2) is 74.0 Å². The number of halogens is 3. The normalized spacial score (nSPS) is 18.1. The summed E-state index contributed by atoms with van der Waals surface area (Å²) < 4.78 is 46.9. The van der Waals surface area contributed by atoms with Gasteiger partial charge in [0.05, 0.1) is 34.2 Å². The number of pyridine rings is 1. The maximum absolute atomic E-state index is 13.2. The number of anilines is 2. The lowest BCUT2D eigenvalue weighted by Crippen LogP contribution is -2.53. The first-order chi connectivity index (χ1) is 19.2. The maximum atomic E-state index is 13.2. The van der Waals surface area contributed by atoms with Crippen molar-refractivity contribution in [2.24, 2.45) is 0 Å². The average Bonchev–Trinajstić information content (AvgIpc) is 3.61. The number of fused-ring (bicyclic) bond motifs is 1. The Kier molecular flexibility index (Phi) is 6.81. The molecule has 6 heterocycles. The predicted octanol–water partition coefficient (Wildman–Crippen LogP) is 4.27. The average molecular weight is 571 g/mol. The lowest BCUT2D eigenvalue weighted by atomic mass is 9.91. The van der Waals surface area contributed by atoms with Crippen LogP contribution in [0.5, 0.6) is 0 Å². The van der Waals surface area contributed by atoms with Gasteiger partial charge in [-0.15, -0.1) is 10.2 Å². The van der Waals surface area contributed by atoms with Crippen LogP contribution in [-0.2, 0) is 4.74 Å². The number of ether oxygens (including phenoxy) is 1. The fraction of sp³-hybridized carbons (Fsp3) is 0.423. The van der Waals surface area contributed by atoms with E-state index in [0.29, 0.717) is 34.6 Å². The van der Waals surface area contributed by atoms with Crippen molar-refractivity contribution in [2.45, 2.75) is 43.5 Å². The van der Waals surface area contributed by atoms with Crippen molar-refractivity contribution in [3.8, 4) is 28.0 Å². The first-order valence-electron chi connectivity index (χ1n) is 12.8. The summed E-state index contributed by atoms with van der Waals surface area (Å²) in [6.07, 6.45) is -0.626. The molecular weight excluding hydrogens is 545 g/mol. The molecule has 0 saturated carbocycles. The Morgan fingerprint density at radius 1 is 1.12 bits per heavy atom. The van der Waals surface area contributed by atoms with Gasteiger partial charge in [-0.2, -0.15) is 23.5 Å². The molecule has 2 saturated heterocycles. The van der Waals surface area contributed by atoms with Crippen molar-refractivity contribution in [1.29, 1.82) is 5.26 Å². The molecule has 0 amide bonds. The Bertz CT molecular complexity index is 1570. The predicted molar refractivity (Wildman–Crippen MR) is 142 cm³/mol. The fourth-order valence-corrected chi connectivity index (χ4v) is 5.93. The molecule has 4 aromatic rings. The van der Waals surface area contributed by atoms with Crippen LogP contribution < -0.4 is 10.2 Å². The minimum atomic E-state index is -4.66. The lowest BCUT2D eigenvalue weighted by Gasteiger charge is -2.38. The molecule has 4 aromatic heterocycles. The molecule has 0 aromatic carbocycles. The number of nitrogens with zero attached hydrogens (tertiary/aromatic N) is 7. The third kappa shape index (κ3) is 4.96.